The molecule has 31 heavy (non-hydrogen) atoms. The molecule has 0 saturated carbocycles. The second-order valence-electron chi connectivity index (χ2n) is 8.63. The zero-order chi connectivity index (χ0) is 23.2. The lowest BCUT2D eigenvalue weighted by Gasteiger charge is -2.32. The Bertz CT molecular complexity index is 1100. The average Bonchev–Trinajstić information content (AvgIpc) is 2.90. The van der Waals surface area contributed by atoms with Crippen molar-refractivity contribution in [3.63, 3.8) is 0 Å². The predicted molar refractivity (Wildman–Crippen MR) is 120 cm³/mol. The third-order valence-corrected chi connectivity index (χ3v) is 7.87. The van der Waals surface area contributed by atoms with Crippen LogP contribution in [0.25, 0.3) is 0 Å². The Balaban J connectivity index is 2.14. The van der Waals surface area contributed by atoms with E-state index in [1.165, 1.54) is 30.3 Å². The van der Waals surface area contributed by atoms with E-state index in [4.69, 9.17) is 20.9 Å². The smallest absolute Gasteiger partial charge is 0.399 e. The highest BCUT2D eigenvalue weighted by molar-refractivity contribution is 7.90. The van der Waals surface area contributed by atoms with E-state index in [0.29, 0.717) is 11.0 Å². The molecule has 0 atom stereocenters. The minimum Gasteiger partial charge on any atom is -0.399 e. The van der Waals surface area contributed by atoms with Crippen molar-refractivity contribution >= 4 is 39.8 Å². The lowest BCUT2D eigenvalue weighted by Crippen LogP contribution is -2.41. The van der Waals surface area contributed by atoms with Gasteiger partial charge in [0.2, 0.25) is 0 Å². The molecule has 0 unspecified atom stereocenters. The van der Waals surface area contributed by atoms with Crippen LogP contribution in [0.1, 0.15) is 56.1 Å². The van der Waals surface area contributed by atoms with Gasteiger partial charge in [-0.3, -0.25) is 4.79 Å². The maximum Gasteiger partial charge on any atom is 0.495 e. The standard InChI is InChI=1S/C22H25BClFO5S/c1-6-31(27,28)13-15-11-18(23-29-21(2,3)22(4,5)30-23)17(12-19(15)24)20(26)14-7-9-16(25)10-8-14/h7-12H,6,13H2,1-5H3. The van der Waals surface area contributed by atoms with Crippen LogP contribution < -0.4 is 5.46 Å². The highest BCUT2D eigenvalue weighted by Gasteiger charge is 2.52. The van der Waals surface area contributed by atoms with Crippen molar-refractivity contribution in [1.29, 1.82) is 0 Å². The molecule has 166 valence electrons. The second-order valence-corrected chi connectivity index (χ2v) is 11.4. The van der Waals surface area contributed by atoms with Crippen LogP contribution in [0, 0.1) is 5.82 Å². The summed E-state index contributed by atoms with van der Waals surface area (Å²) in [4.78, 5) is 13.3. The van der Waals surface area contributed by atoms with Gasteiger partial charge in [0.1, 0.15) is 5.82 Å². The van der Waals surface area contributed by atoms with Gasteiger partial charge in [0.05, 0.1) is 17.0 Å². The molecule has 0 amide bonds. The second kappa shape index (κ2) is 8.32. The summed E-state index contributed by atoms with van der Waals surface area (Å²) in [5.74, 6) is -1.15. The van der Waals surface area contributed by atoms with E-state index in [-0.39, 0.29) is 27.7 Å². The Morgan fingerprint density at radius 1 is 1.06 bits per heavy atom. The van der Waals surface area contributed by atoms with Crippen LogP contribution in [0.2, 0.25) is 5.02 Å². The third-order valence-electron chi connectivity index (χ3n) is 5.89. The van der Waals surface area contributed by atoms with Crippen LogP contribution in [0.15, 0.2) is 36.4 Å². The van der Waals surface area contributed by atoms with Crippen LogP contribution in [0.3, 0.4) is 0 Å². The first kappa shape index (κ1) is 23.9. The lowest BCUT2D eigenvalue weighted by atomic mass is 9.73. The van der Waals surface area contributed by atoms with Crippen molar-refractivity contribution in [2.75, 3.05) is 5.75 Å². The van der Waals surface area contributed by atoms with Crippen molar-refractivity contribution in [2.45, 2.75) is 51.6 Å². The van der Waals surface area contributed by atoms with Gasteiger partial charge in [-0.15, -0.1) is 0 Å². The van der Waals surface area contributed by atoms with Crippen molar-refractivity contribution in [3.8, 4) is 0 Å². The Morgan fingerprint density at radius 3 is 2.13 bits per heavy atom. The summed E-state index contributed by atoms with van der Waals surface area (Å²) in [6, 6.07) is 8.17. The van der Waals surface area contributed by atoms with Gasteiger partial charge in [-0.2, -0.15) is 0 Å². The quantitative estimate of drug-likeness (QED) is 0.476. The summed E-state index contributed by atoms with van der Waals surface area (Å²) < 4.78 is 50.0. The van der Waals surface area contributed by atoms with Crippen molar-refractivity contribution in [3.05, 3.63) is 63.9 Å². The number of rotatable bonds is 6. The molecule has 2 aromatic rings. The number of benzene rings is 2. The maximum absolute atomic E-state index is 13.3. The topological polar surface area (TPSA) is 69.7 Å². The van der Waals surface area contributed by atoms with Crippen molar-refractivity contribution in [2.24, 2.45) is 0 Å². The first-order chi connectivity index (χ1) is 14.3. The fourth-order valence-corrected chi connectivity index (χ4v) is 4.43. The number of ketones is 1. The number of sulfone groups is 1. The first-order valence-corrected chi connectivity index (χ1v) is 12.1. The number of hydrogen-bond acceptors (Lipinski definition) is 5. The molecule has 2 aromatic carbocycles. The van der Waals surface area contributed by atoms with Gasteiger partial charge in [0.15, 0.2) is 15.6 Å². The number of hydrogen-bond donors (Lipinski definition) is 0. The van der Waals surface area contributed by atoms with Gasteiger partial charge in [-0.25, -0.2) is 12.8 Å². The Labute approximate surface area is 188 Å². The van der Waals surface area contributed by atoms with E-state index >= 15 is 0 Å². The van der Waals surface area contributed by atoms with E-state index in [9.17, 15) is 17.6 Å². The molecule has 0 N–H and O–H groups in total. The van der Waals surface area contributed by atoms with Gasteiger partial charge < -0.3 is 9.31 Å². The van der Waals surface area contributed by atoms with Gasteiger partial charge in [-0.1, -0.05) is 24.6 Å². The summed E-state index contributed by atoms with van der Waals surface area (Å²) in [6.45, 7) is 9.09. The summed E-state index contributed by atoms with van der Waals surface area (Å²) in [7, 11) is -4.26. The summed E-state index contributed by atoms with van der Waals surface area (Å²) in [6.07, 6.45) is 0. The van der Waals surface area contributed by atoms with Gasteiger partial charge >= 0.3 is 7.12 Å². The normalized spacial score (nSPS) is 17.7. The fraction of sp³-hybridized carbons (Fsp3) is 0.409. The van der Waals surface area contributed by atoms with E-state index in [0.717, 1.165) is 0 Å². The molecule has 0 spiro atoms. The van der Waals surface area contributed by atoms with Crippen LogP contribution in [0.5, 0.6) is 0 Å². The molecule has 9 heteroatoms. The molecule has 3 rings (SSSR count). The van der Waals surface area contributed by atoms with E-state index < -0.39 is 39.8 Å². The summed E-state index contributed by atoms with van der Waals surface area (Å²) >= 11 is 6.38. The van der Waals surface area contributed by atoms with E-state index in [2.05, 4.69) is 0 Å². The maximum atomic E-state index is 13.3. The number of carbonyl (C=O) groups is 1. The molecule has 0 radical (unpaired) electrons. The molecular weight excluding hydrogens is 442 g/mol. The Morgan fingerprint density at radius 2 is 1.61 bits per heavy atom. The van der Waals surface area contributed by atoms with Gasteiger partial charge in [0, 0.05) is 21.9 Å². The molecule has 0 aliphatic carbocycles. The van der Waals surface area contributed by atoms with Crippen LogP contribution >= 0.6 is 11.6 Å². The molecule has 0 bridgehead atoms. The van der Waals surface area contributed by atoms with Crippen LogP contribution in [-0.4, -0.2) is 38.3 Å². The number of carbonyl (C=O) groups excluding carboxylic acids is 1. The molecule has 1 heterocycles. The van der Waals surface area contributed by atoms with Crippen molar-refractivity contribution < 1.29 is 26.9 Å². The first-order valence-electron chi connectivity index (χ1n) is 9.95. The minimum absolute atomic E-state index is 0.0363. The summed E-state index contributed by atoms with van der Waals surface area (Å²) in [5.41, 5.74) is -0.0914. The van der Waals surface area contributed by atoms with E-state index in [1.807, 2.05) is 27.7 Å². The Hall–Kier alpha value is -1.74. The molecule has 1 aliphatic rings. The van der Waals surface area contributed by atoms with Gasteiger partial charge in [0.25, 0.3) is 0 Å². The van der Waals surface area contributed by atoms with Gasteiger partial charge in [-0.05, 0) is 69.1 Å². The largest absolute Gasteiger partial charge is 0.495 e. The van der Waals surface area contributed by atoms with Crippen LogP contribution in [0.4, 0.5) is 4.39 Å². The number of halogens is 2. The zero-order valence-electron chi connectivity index (χ0n) is 18.2. The SMILES string of the molecule is CCS(=O)(=O)Cc1cc(B2OC(C)(C)C(C)(C)O2)c(C(=O)c2ccc(F)cc2)cc1Cl. The third kappa shape index (κ3) is 4.87. The van der Waals surface area contributed by atoms with Crippen LogP contribution in [-0.2, 0) is 24.9 Å². The summed E-state index contributed by atoms with van der Waals surface area (Å²) in [5, 5.41) is 0.155. The minimum atomic E-state index is -3.36. The fourth-order valence-electron chi connectivity index (χ4n) is 3.21. The Kier molecular flexibility index (Phi) is 6.42. The molecule has 5 nitrogen and oxygen atoms in total. The lowest BCUT2D eigenvalue weighted by molar-refractivity contribution is 0.00578. The van der Waals surface area contributed by atoms with E-state index in [1.54, 1.807) is 13.0 Å². The average molecular weight is 467 g/mol. The highest BCUT2D eigenvalue weighted by atomic mass is 35.5. The zero-order valence-corrected chi connectivity index (χ0v) is 19.7. The molecule has 1 aliphatic heterocycles. The predicted octanol–water partition coefficient (Wildman–Crippen LogP) is 3.94. The van der Waals surface area contributed by atoms with Crippen molar-refractivity contribution in [1.82, 2.24) is 0 Å². The molecule has 1 saturated heterocycles. The highest BCUT2D eigenvalue weighted by Crippen LogP contribution is 2.37. The molecular formula is C22H25BClFO5S. The monoisotopic (exact) mass is 466 g/mol. The molecule has 0 aromatic heterocycles. The molecule has 1 fully saturated rings.